The number of amides is 1. The quantitative estimate of drug-likeness (QED) is 0.847. The van der Waals surface area contributed by atoms with Crippen LogP contribution in [0.4, 0.5) is 0 Å². The van der Waals surface area contributed by atoms with Crippen LogP contribution in [-0.2, 0) is 14.8 Å². The Morgan fingerprint density at radius 2 is 2.05 bits per heavy atom. The maximum Gasteiger partial charge on any atom is 0.285 e. The van der Waals surface area contributed by atoms with Crippen LogP contribution < -0.4 is 0 Å². The summed E-state index contributed by atoms with van der Waals surface area (Å²) in [6, 6.07) is 4.00. The number of carbonyl (C=O) groups is 1. The van der Waals surface area contributed by atoms with Gasteiger partial charge in [0, 0.05) is 12.6 Å². The molecule has 0 radical (unpaired) electrons. The zero-order valence-corrected chi connectivity index (χ0v) is 12.7. The van der Waals surface area contributed by atoms with Gasteiger partial charge in [-0.1, -0.05) is 23.7 Å². The van der Waals surface area contributed by atoms with Gasteiger partial charge < -0.3 is 10.0 Å². The first-order valence-corrected chi connectivity index (χ1v) is 7.92. The molecule has 0 saturated heterocycles. The predicted octanol–water partition coefficient (Wildman–Crippen LogP) is 1.50. The van der Waals surface area contributed by atoms with Crippen LogP contribution in [0.1, 0.15) is 12.5 Å². The van der Waals surface area contributed by atoms with Crippen LogP contribution in [0.5, 0.6) is 0 Å². The number of likely N-dealkylation sites (N-methyl/N-ethyl adjacent to an activating group) is 1. The normalized spacial score (nSPS) is 23.6. The molecule has 0 unspecified atom stereocenters. The highest BCUT2D eigenvalue weighted by Crippen LogP contribution is 2.37. The standard InChI is InChI=1S/C13H11ClN2O4S/c1-6-11(17)9(13(18)16(6)2)10-7-4-3-5-8(14)12(7)21(19,20)15-10/h3-6,17H,1-2H3/t6-/m0/s1. The second-order valence-electron chi connectivity index (χ2n) is 4.88. The molecule has 0 aliphatic carbocycles. The van der Waals surface area contributed by atoms with Gasteiger partial charge in [-0.3, -0.25) is 4.79 Å². The summed E-state index contributed by atoms with van der Waals surface area (Å²) in [4.78, 5) is 13.4. The Morgan fingerprint density at radius 1 is 1.38 bits per heavy atom. The molecular weight excluding hydrogens is 316 g/mol. The Hall–Kier alpha value is -1.86. The molecule has 2 heterocycles. The van der Waals surface area contributed by atoms with Gasteiger partial charge in [0.2, 0.25) is 0 Å². The summed E-state index contributed by atoms with van der Waals surface area (Å²) in [5.41, 5.74) is 0.0979. The lowest BCUT2D eigenvalue weighted by Gasteiger charge is -2.14. The molecule has 21 heavy (non-hydrogen) atoms. The Bertz CT molecular complexity index is 842. The number of sulfonamides is 1. The molecule has 8 heteroatoms. The molecule has 0 bridgehead atoms. The average molecular weight is 327 g/mol. The van der Waals surface area contributed by atoms with E-state index in [9.17, 15) is 18.3 Å². The number of nitrogens with zero attached hydrogens (tertiary/aromatic N) is 2. The van der Waals surface area contributed by atoms with E-state index in [0.29, 0.717) is 0 Å². The van der Waals surface area contributed by atoms with E-state index in [2.05, 4.69) is 4.40 Å². The van der Waals surface area contributed by atoms with E-state index in [1.807, 2.05) is 0 Å². The van der Waals surface area contributed by atoms with Gasteiger partial charge in [0.05, 0.1) is 11.1 Å². The lowest BCUT2D eigenvalue weighted by molar-refractivity contribution is -0.125. The van der Waals surface area contributed by atoms with Gasteiger partial charge in [-0.05, 0) is 13.0 Å². The van der Waals surface area contributed by atoms with Crippen molar-refractivity contribution in [3.05, 3.63) is 40.1 Å². The molecule has 0 aromatic heterocycles. The summed E-state index contributed by atoms with van der Waals surface area (Å²) in [5, 5.41) is 10.2. The van der Waals surface area contributed by atoms with Gasteiger partial charge >= 0.3 is 0 Å². The molecule has 1 atom stereocenters. The van der Waals surface area contributed by atoms with E-state index in [1.54, 1.807) is 13.0 Å². The molecule has 3 rings (SSSR count). The van der Waals surface area contributed by atoms with Gasteiger partial charge in [-0.15, -0.1) is 0 Å². The van der Waals surface area contributed by atoms with Crippen molar-refractivity contribution in [2.75, 3.05) is 7.05 Å². The number of halogens is 1. The highest BCUT2D eigenvalue weighted by molar-refractivity contribution is 7.91. The van der Waals surface area contributed by atoms with Crippen molar-refractivity contribution in [2.24, 2.45) is 4.40 Å². The van der Waals surface area contributed by atoms with Crippen LogP contribution in [0.2, 0.25) is 5.02 Å². The molecule has 2 aliphatic rings. The van der Waals surface area contributed by atoms with Crippen molar-refractivity contribution < 1.29 is 18.3 Å². The minimum absolute atomic E-state index is 0.0400. The Kier molecular flexibility index (Phi) is 2.90. The molecule has 2 aliphatic heterocycles. The van der Waals surface area contributed by atoms with Gasteiger partial charge in [0.15, 0.2) is 0 Å². The van der Waals surface area contributed by atoms with E-state index >= 15 is 0 Å². The molecule has 110 valence electrons. The van der Waals surface area contributed by atoms with Gasteiger partial charge in [-0.25, -0.2) is 0 Å². The van der Waals surface area contributed by atoms with E-state index in [1.165, 1.54) is 24.1 Å². The topological polar surface area (TPSA) is 87.0 Å². The average Bonchev–Trinajstić information content (AvgIpc) is 2.79. The van der Waals surface area contributed by atoms with Gasteiger partial charge in [0.25, 0.3) is 15.9 Å². The maximum absolute atomic E-state index is 12.2. The summed E-state index contributed by atoms with van der Waals surface area (Å²) in [7, 11) is -2.44. The van der Waals surface area contributed by atoms with Crippen molar-refractivity contribution in [3.8, 4) is 0 Å². The predicted molar refractivity (Wildman–Crippen MR) is 77.1 cm³/mol. The Morgan fingerprint density at radius 3 is 2.62 bits per heavy atom. The first kappa shape index (κ1) is 14.1. The summed E-state index contributed by atoms with van der Waals surface area (Å²) in [6.07, 6.45) is 0. The summed E-state index contributed by atoms with van der Waals surface area (Å²) >= 11 is 5.93. The van der Waals surface area contributed by atoms with Crippen molar-refractivity contribution in [1.82, 2.24) is 4.90 Å². The molecular formula is C13H11ClN2O4S. The first-order chi connectivity index (χ1) is 9.75. The lowest BCUT2D eigenvalue weighted by atomic mass is 10.0. The molecule has 0 spiro atoms. The zero-order valence-electron chi connectivity index (χ0n) is 11.2. The summed E-state index contributed by atoms with van der Waals surface area (Å²) in [5.74, 6) is -0.661. The van der Waals surface area contributed by atoms with Crippen LogP contribution in [0.3, 0.4) is 0 Å². The first-order valence-electron chi connectivity index (χ1n) is 6.10. The van der Waals surface area contributed by atoms with Crippen molar-refractivity contribution in [2.45, 2.75) is 17.9 Å². The van der Waals surface area contributed by atoms with E-state index < -0.39 is 22.0 Å². The van der Waals surface area contributed by atoms with Gasteiger partial charge in [-0.2, -0.15) is 12.8 Å². The van der Waals surface area contributed by atoms with Crippen LogP contribution in [0.15, 0.2) is 38.8 Å². The van der Waals surface area contributed by atoms with Crippen LogP contribution in [0, 0.1) is 0 Å². The minimum atomic E-state index is -3.96. The van der Waals surface area contributed by atoms with Crippen molar-refractivity contribution in [3.63, 3.8) is 0 Å². The van der Waals surface area contributed by atoms with Crippen molar-refractivity contribution in [1.29, 1.82) is 0 Å². The lowest BCUT2D eigenvalue weighted by Crippen LogP contribution is -2.30. The number of rotatable bonds is 1. The number of hydrogen-bond acceptors (Lipinski definition) is 4. The second-order valence-corrected chi connectivity index (χ2v) is 6.83. The summed E-state index contributed by atoms with van der Waals surface area (Å²) in [6.45, 7) is 1.64. The number of hydrogen-bond donors (Lipinski definition) is 1. The third kappa shape index (κ3) is 1.81. The second kappa shape index (κ2) is 4.32. The van der Waals surface area contributed by atoms with Crippen molar-refractivity contribution >= 4 is 33.2 Å². The number of fused-ring (bicyclic) bond motifs is 1. The molecule has 1 N–H and O–H groups in total. The third-order valence-electron chi connectivity index (χ3n) is 3.70. The Balaban J connectivity index is 2.29. The smallest absolute Gasteiger partial charge is 0.285 e. The number of aliphatic hydroxyl groups excluding tert-OH is 1. The molecule has 0 fully saturated rings. The highest BCUT2D eigenvalue weighted by atomic mass is 35.5. The van der Waals surface area contributed by atoms with Crippen LogP contribution >= 0.6 is 11.6 Å². The monoisotopic (exact) mass is 326 g/mol. The number of carbonyl (C=O) groups excluding carboxylic acids is 1. The zero-order chi connectivity index (χ0) is 15.5. The minimum Gasteiger partial charge on any atom is -0.509 e. The highest BCUT2D eigenvalue weighted by Gasteiger charge is 2.42. The number of benzene rings is 1. The Labute approximate surface area is 126 Å². The molecule has 1 aromatic carbocycles. The van der Waals surface area contributed by atoms with E-state index in [4.69, 9.17) is 11.6 Å². The van der Waals surface area contributed by atoms with Crippen LogP contribution in [0.25, 0.3) is 0 Å². The largest absolute Gasteiger partial charge is 0.509 e. The maximum atomic E-state index is 12.2. The fourth-order valence-electron chi connectivity index (χ4n) is 2.43. The SMILES string of the molecule is C[C@H]1C(O)=C(C2=NS(=O)(=O)c3c(Cl)cccc32)C(=O)N1C. The van der Waals surface area contributed by atoms with Gasteiger partial charge in [0.1, 0.15) is 21.9 Å². The summed E-state index contributed by atoms with van der Waals surface area (Å²) < 4.78 is 27.9. The molecule has 1 aromatic rings. The van der Waals surface area contributed by atoms with Crippen LogP contribution in [-0.4, -0.2) is 43.1 Å². The molecule has 1 amide bonds. The molecule has 6 nitrogen and oxygen atoms in total. The van der Waals surface area contributed by atoms with E-state index in [-0.39, 0.29) is 32.5 Å². The third-order valence-corrected chi connectivity index (χ3v) is 5.50. The number of aliphatic hydroxyl groups is 1. The fraction of sp³-hybridized carbons (Fsp3) is 0.231. The fourth-order valence-corrected chi connectivity index (χ4v) is 4.17. The van der Waals surface area contributed by atoms with E-state index in [0.717, 1.165) is 0 Å². The molecule has 0 saturated carbocycles.